The van der Waals surface area contributed by atoms with Gasteiger partial charge in [-0.15, -0.1) is 0 Å². The molecule has 6 nitrogen and oxygen atoms in total. The van der Waals surface area contributed by atoms with Gasteiger partial charge in [-0.05, 0) is 74.5 Å². The lowest BCUT2D eigenvalue weighted by Gasteiger charge is -2.12. The van der Waals surface area contributed by atoms with Crippen LogP contribution in [0.15, 0.2) is 71.3 Å². The SMILES string of the molecule is CCOc1ccc(Oc2ccc(NC(=O)CN[C@H](C)c3ccco3)cc2)cc1. The van der Waals surface area contributed by atoms with Gasteiger partial charge in [0, 0.05) is 5.69 Å². The summed E-state index contributed by atoms with van der Waals surface area (Å²) in [5, 5.41) is 5.97. The Balaban J connectivity index is 1.47. The maximum Gasteiger partial charge on any atom is 0.238 e. The predicted molar refractivity (Wildman–Crippen MR) is 108 cm³/mol. The molecule has 0 saturated heterocycles. The Morgan fingerprint density at radius 2 is 1.64 bits per heavy atom. The molecule has 6 heteroatoms. The normalized spacial score (nSPS) is 11.6. The topological polar surface area (TPSA) is 72.7 Å². The molecular weight excluding hydrogens is 356 g/mol. The van der Waals surface area contributed by atoms with E-state index in [2.05, 4.69) is 10.6 Å². The molecule has 0 radical (unpaired) electrons. The number of furan rings is 1. The Labute approximate surface area is 164 Å². The molecule has 0 unspecified atom stereocenters. The number of carbonyl (C=O) groups excluding carboxylic acids is 1. The fraction of sp³-hybridized carbons (Fsp3) is 0.227. The first-order valence-electron chi connectivity index (χ1n) is 9.21. The number of carbonyl (C=O) groups is 1. The van der Waals surface area contributed by atoms with Crippen LogP contribution in [0.1, 0.15) is 25.6 Å². The van der Waals surface area contributed by atoms with E-state index >= 15 is 0 Å². The van der Waals surface area contributed by atoms with E-state index in [1.165, 1.54) is 0 Å². The first-order valence-corrected chi connectivity index (χ1v) is 9.21. The predicted octanol–water partition coefficient (Wildman–Crippen LogP) is 4.76. The Morgan fingerprint density at radius 3 is 2.25 bits per heavy atom. The standard InChI is InChI=1S/C22H24N2O4/c1-3-26-18-10-12-20(13-11-18)28-19-8-6-17(7-9-19)24-22(25)15-23-16(2)21-5-4-14-27-21/h4-14,16,23H,3,15H2,1-2H3,(H,24,25)/t16-/m1/s1. The highest BCUT2D eigenvalue weighted by atomic mass is 16.5. The fourth-order valence-electron chi connectivity index (χ4n) is 2.60. The van der Waals surface area contributed by atoms with Gasteiger partial charge in [-0.25, -0.2) is 0 Å². The van der Waals surface area contributed by atoms with Gasteiger partial charge in [-0.3, -0.25) is 10.1 Å². The molecule has 0 aliphatic rings. The highest BCUT2D eigenvalue weighted by molar-refractivity contribution is 5.92. The van der Waals surface area contributed by atoms with Gasteiger partial charge in [-0.2, -0.15) is 0 Å². The molecule has 2 N–H and O–H groups in total. The zero-order valence-corrected chi connectivity index (χ0v) is 16.0. The maximum absolute atomic E-state index is 12.1. The summed E-state index contributed by atoms with van der Waals surface area (Å²) >= 11 is 0. The van der Waals surface area contributed by atoms with Gasteiger partial charge < -0.3 is 19.2 Å². The van der Waals surface area contributed by atoms with Crippen molar-refractivity contribution in [1.29, 1.82) is 0 Å². The summed E-state index contributed by atoms with van der Waals surface area (Å²) in [5.74, 6) is 2.88. The molecule has 0 aliphatic carbocycles. The molecule has 28 heavy (non-hydrogen) atoms. The van der Waals surface area contributed by atoms with Crippen molar-refractivity contribution in [2.24, 2.45) is 0 Å². The average molecular weight is 380 g/mol. The lowest BCUT2D eigenvalue weighted by atomic mass is 10.2. The van der Waals surface area contributed by atoms with Gasteiger partial charge >= 0.3 is 0 Å². The van der Waals surface area contributed by atoms with Crippen molar-refractivity contribution in [2.45, 2.75) is 19.9 Å². The highest BCUT2D eigenvalue weighted by Crippen LogP contribution is 2.25. The molecular formula is C22H24N2O4. The average Bonchev–Trinajstić information content (AvgIpc) is 3.24. The second kappa shape index (κ2) is 9.62. The minimum Gasteiger partial charge on any atom is -0.494 e. The Morgan fingerprint density at radius 1 is 1.00 bits per heavy atom. The summed E-state index contributed by atoms with van der Waals surface area (Å²) in [6.07, 6.45) is 1.62. The van der Waals surface area contributed by atoms with Gasteiger partial charge in [0.15, 0.2) is 0 Å². The van der Waals surface area contributed by atoms with E-state index in [4.69, 9.17) is 13.9 Å². The number of rotatable bonds is 9. The van der Waals surface area contributed by atoms with E-state index in [-0.39, 0.29) is 18.5 Å². The van der Waals surface area contributed by atoms with Crippen LogP contribution >= 0.6 is 0 Å². The molecule has 2 aromatic carbocycles. The highest BCUT2D eigenvalue weighted by Gasteiger charge is 2.10. The summed E-state index contributed by atoms with van der Waals surface area (Å²) in [6.45, 7) is 4.70. The molecule has 0 bridgehead atoms. The van der Waals surface area contributed by atoms with E-state index in [0.29, 0.717) is 18.0 Å². The third-order valence-corrected chi connectivity index (χ3v) is 4.05. The molecule has 3 aromatic rings. The van der Waals surface area contributed by atoms with Crippen molar-refractivity contribution >= 4 is 11.6 Å². The zero-order chi connectivity index (χ0) is 19.8. The van der Waals surface area contributed by atoms with E-state index in [1.54, 1.807) is 18.4 Å². The fourth-order valence-corrected chi connectivity index (χ4v) is 2.60. The van der Waals surface area contributed by atoms with Crippen LogP contribution in [0.2, 0.25) is 0 Å². The van der Waals surface area contributed by atoms with Crippen LogP contribution in [0.3, 0.4) is 0 Å². The lowest BCUT2D eigenvalue weighted by Crippen LogP contribution is -2.29. The molecule has 0 spiro atoms. The summed E-state index contributed by atoms with van der Waals surface area (Å²) in [6, 6.07) is 18.3. The molecule has 1 atom stereocenters. The zero-order valence-electron chi connectivity index (χ0n) is 16.0. The van der Waals surface area contributed by atoms with Gasteiger partial charge in [0.2, 0.25) is 5.91 Å². The summed E-state index contributed by atoms with van der Waals surface area (Å²) in [7, 11) is 0. The number of benzene rings is 2. The first kappa shape index (κ1) is 19.5. The summed E-state index contributed by atoms with van der Waals surface area (Å²) in [4.78, 5) is 12.1. The lowest BCUT2D eigenvalue weighted by molar-refractivity contribution is -0.115. The number of nitrogens with one attached hydrogen (secondary N) is 2. The van der Waals surface area contributed by atoms with Crippen molar-refractivity contribution in [1.82, 2.24) is 5.32 Å². The van der Waals surface area contributed by atoms with Crippen molar-refractivity contribution in [3.05, 3.63) is 72.7 Å². The van der Waals surface area contributed by atoms with E-state index in [9.17, 15) is 4.79 Å². The van der Waals surface area contributed by atoms with Crippen molar-refractivity contribution in [3.63, 3.8) is 0 Å². The third kappa shape index (κ3) is 5.62. The molecule has 3 rings (SSSR count). The minimum absolute atomic E-state index is 0.0364. The summed E-state index contributed by atoms with van der Waals surface area (Å²) < 4.78 is 16.5. The summed E-state index contributed by atoms with van der Waals surface area (Å²) in [5.41, 5.74) is 0.705. The van der Waals surface area contributed by atoms with Gasteiger partial charge in [0.05, 0.1) is 25.5 Å². The minimum atomic E-state index is -0.126. The van der Waals surface area contributed by atoms with Crippen molar-refractivity contribution in [2.75, 3.05) is 18.5 Å². The van der Waals surface area contributed by atoms with Crippen LogP contribution in [0.4, 0.5) is 5.69 Å². The molecule has 146 valence electrons. The number of anilines is 1. The molecule has 1 amide bonds. The van der Waals surface area contributed by atoms with Crippen LogP contribution in [-0.4, -0.2) is 19.1 Å². The second-order valence-electron chi connectivity index (χ2n) is 6.20. The Kier molecular flexibility index (Phi) is 6.70. The van der Waals surface area contributed by atoms with Crippen molar-refractivity contribution in [3.8, 4) is 17.2 Å². The van der Waals surface area contributed by atoms with Gasteiger partial charge in [0.1, 0.15) is 23.0 Å². The molecule has 1 aromatic heterocycles. The molecule has 0 saturated carbocycles. The monoisotopic (exact) mass is 380 g/mol. The second-order valence-corrected chi connectivity index (χ2v) is 6.20. The Hall–Kier alpha value is -3.25. The van der Waals surface area contributed by atoms with Gasteiger partial charge in [-0.1, -0.05) is 0 Å². The number of hydrogen-bond donors (Lipinski definition) is 2. The van der Waals surface area contributed by atoms with Crippen LogP contribution in [0.25, 0.3) is 0 Å². The first-order chi connectivity index (χ1) is 13.6. The number of hydrogen-bond acceptors (Lipinski definition) is 5. The molecule has 0 aliphatic heterocycles. The van der Waals surface area contributed by atoms with Crippen molar-refractivity contribution < 1.29 is 18.7 Å². The van der Waals surface area contributed by atoms with Crippen LogP contribution in [-0.2, 0) is 4.79 Å². The Bertz CT molecular complexity index is 859. The molecule has 0 fully saturated rings. The largest absolute Gasteiger partial charge is 0.494 e. The van der Waals surface area contributed by atoms with E-state index in [1.807, 2.05) is 62.4 Å². The van der Waals surface area contributed by atoms with Crippen LogP contribution in [0.5, 0.6) is 17.2 Å². The van der Waals surface area contributed by atoms with Gasteiger partial charge in [0.25, 0.3) is 0 Å². The van der Waals surface area contributed by atoms with Crippen LogP contribution in [0, 0.1) is 0 Å². The molecule has 1 heterocycles. The van der Waals surface area contributed by atoms with E-state index < -0.39 is 0 Å². The third-order valence-electron chi connectivity index (χ3n) is 4.05. The van der Waals surface area contributed by atoms with E-state index in [0.717, 1.165) is 17.3 Å². The number of ether oxygens (including phenoxy) is 2. The smallest absolute Gasteiger partial charge is 0.238 e. The van der Waals surface area contributed by atoms with Crippen LogP contribution < -0.4 is 20.1 Å². The maximum atomic E-state index is 12.1. The quantitative estimate of drug-likeness (QED) is 0.560. The number of amides is 1.